The van der Waals surface area contributed by atoms with Crippen LogP contribution in [-0.4, -0.2) is 14.9 Å². The van der Waals surface area contributed by atoms with Gasteiger partial charge in [-0.25, -0.2) is 0 Å². The van der Waals surface area contributed by atoms with Crippen LogP contribution >= 0.6 is 7.60 Å². The molecule has 0 radical (unpaired) electrons. The van der Waals surface area contributed by atoms with Gasteiger partial charge in [-0.2, -0.15) is 0 Å². The lowest BCUT2D eigenvalue weighted by Gasteiger charge is -2.25. The van der Waals surface area contributed by atoms with E-state index in [4.69, 9.17) is 9.79 Å². The molecule has 0 unspecified atom stereocenters. The van der Waals surface area contributed by atoms with Gasteiger partial charge >= 0.3 is 7.60 Å². The second-order valence-corrected chi connectivity index (χ2v) is 7.53. The Morgan fingerprint density at radius 2 is 1.38 bits per heavy atom. The Bertz CT molecular complexity index is 220. The number of unbranched alkanes of at least 4 members (excludes halogenated alkanes) is 6. The molecule has 0 fully saturated rings. The van der Waals surface area contributed by atoms with E-state index in [0.717, 1.165) is 12.8 Å². The van der Waals surface area contributed by atoms with Crippen LogP contribution in [-0.2, 0) is 4.57 Å². The van der Waals surface area contributed by atoms with Gasteiger partial charge in [0.05, 0.1) is 5.16 Å². The molecule has 0 bridgehead atoms. The number of rotatable bonds is 9. The minimum Gasteiger partial charge on any atom is -0.324 e. The Balaban J connectivity index is 3.55. The van der Waals surface area contributed by atoms with Crippen molar-refractivity contribution < 1.29 is 14.4 Å². The minimum absolute atomic E-state index is 0.616. The van der Waals surface area contributed by atoms with Crippen molar-refractivity contribution in [2.75, 3.05) is 0 Å². The Morgan fingerprint density at radius 1 is 0.938 bits per heavy atom. The fourth-order valence-electron chi connectivity index (χ4n) is 1.66. The van der Waals surface area contributed by atoms with Gasteiger partial charge in [-0.1, -0.05) is 51.9 Å². The third-order valence-electron chi connectivity index (χ3n) is 3.18. The van der Waals surface area contributed by atoms with Gasteiger partial charge in [-0.05, 0) is 20.3 Å². The molecule has 0 amide bonds. The Hall–Kier alpha value is 0.150. The van der Waals surface area contributed by atoms with Gasteiger partial charge in [0.25, 0.3) is 0 Å². The SMILES string of the molecule is CCCCCCCCCC(C)(C)P(=O)(O)O. The average molecular weight is 250 g/mol. The molecule has 3 nitrogen and oxygen atoms in total. The van der Waals surface area contributed by atoms with Crippen LogP contribution in [0.1, 0.15) is 72.1 Å². The van der Waals surface area contributed by atoms with E-state index < -0.39 is 12.8 Å². The molecule has 0 aromatic heterocycles. The molecule has 0 saturated carbocycles. The molecule has 98 valence electrons. The van der Waals surface area contributed by atoms with Crippen molar-refractivity contribution in [1.82, 2.24) is 0 Å². The smallest absolute Gasteiger partial charge is 0.324 e. The van der Waals surface area contributed by atoms with Crippen LogP contribution < -0.4 is 0 Å². The highest BCUT2D eigenvalue weighted by molar-refractivity contribution is 7.53. The third-order valence-corrected chi connectivity index (χ3v) is 4.98. The standard InChI is InChI=1S/C12H27O3P/c1-4-5-6-7-8-9-10-11-12(2,3)16(13,14)15/h4-11H2,1-3H3,(H2,13,14,15). The lowest BCUT2D eigenvalue weighted by Crippen LogP contribution is -2.19. The van der Waals surface area contributed by atoms with Crippen LogP contribution in [0.25, 0.3) is 0 Å². The highest BCUT2D eigenvalue weighted by Gasteiger charge is 2.36. The molecule has 0 aromatic rings. The molecule has 0 aliphatic heterocycles. The van der Waals surface area contributed by atoms with Crippen LogP contribution in [0.15, 0.2) is 0 Å². The molecular weight excluding hydrogens is 223 g/mol. The topological polar surface area (TPSA) is 57.5 Å². The van der Waals surface area contributed by atoms with Crippen molar-refractivity contribution in [3.05, 3.63) is 0 Å². The van der Waals surface area contributed by atoms with Gasteiger partial charge in [0.2, 0.25) is 0 Å². The number of hydrogen-bond donors (Lipinski definition) is 2. The van der Waals surface area contributed by atoms with Crippen molar-refractivity contribution >= 4 is 7.60 Å². The maximum atomic E-state index is 11.2. The van der Waals surface area contributed by atoms with Crippen LogP contribution in [0.4, 0.5) is 0 Å². The van der Waals surface area contributed by atoms with Crippen LogP contribution in [0.5, 0.6) is 0 Å². The summed E-state index contributed by atoms with van der Waals surface area (Å²) in [6.07, 6.45) is 8.92. The van der Waals surface area contributed by atoms with Crippen molar-refractivity contribution in [3.8, 4) is 0 Å². The van der Waals surface area contributed by atoms with E-state index in [-0.39, 0.29) is 0 Å². The quantitative estimate of drug-likeness (QED) is 0.479. The fraction of sp³-hybridized carbons (Fsp3) is 1.00. The lowest BCUT2D eigenvalue weighted by molar-refractivity contribution is 0.326. The maximum absolute atomic E-state index is 11.2. The molecule has 2 N–H and O–H groups in total. The van der Waals surface area contributed by atoms with Gasteiger partial charge in [0, 0.05) is 0 Å². The highest BCUT2D eigenvalue weighted by Crippen LogP contribution is 2.52. The van der Waals surface area contributed by atoms with Gasteiger partial charge in [0.15, 0.2) is 0 Å². The molecule has 16 heavy (non-hydrogen) atoms. The predicted molar refractivity (Wildman–Crippen MR) is 68.7 cm³/mol. The van der Waals surface area contributed by atoms with E-state index in [9.17, 15) is 4.57 Å². The first-order valence-electron chi connectivity index (χ1n) is 6.37. The normalized spacial score (nSPS) is 13.1. The van der Waals surface area contributed by atoms with Crippen molar-refractivity contribution in [3.63, 3.8) is 0 Å². The summed E-state index contributed by atoms with van der Waals surface area (Å²) < 4.78 is 11.2. The fourth-order valence-corrected chi connectivity index (χ4v) is 2.11. The Kier molecular flexibility index (Phi) is 7.54. The van der Waals surface area contributed by atoms with Gasteiger partial charge in [0.1, 0.15) is 0 Å². The summed E-state index contributed by atoms with van der Waals surface area (Å²) >= 11 is 0. The first-order chi connectivity index (χ1) is 7.31. The van der Waals surface area contributed by atoms with E-state index in [1.54, 1.807) is 13.8 Å². The van der Waals surface area contributed by atoms with Crippen molar-refractivity contribution in [2.24, 2.45) is 0 Å². The van der Waals surface area contributed by atoms with Gasteiger partial charge in [-0.15, -0.1) is 0 Å². The zero-order valence-electron chi connectivity index (χ0n) is 10.9. The highest BCUT2D eigenvalue weighted by atomic mass is 31.2. The summed E-state index contributed by atoms with van der Waals surface area (Å²) in [5.74, 6) is 0. The van der Waals surface area contributed by atoms with E-state index in [0.29, 0.717) is 6.42 Å². The Morgan fingerprint density at radius 3 is 1.81 bits per heavy atom. The molecule has 0 atom stereocenters. The lowest BCUT2D eigenvalue weighted by atomic mass is 10.0. The van der Waals surface area contributed by atoms with E-state index >= 15 is 0 Å². The zero-order valence-corrected chi connectivity index (χ0v) is 11.8. The molecule has 0 aromatic carbocycles. The second-order valence-electron chi connectivity index (χ2n) is 5.23. The van der Waals surface area contributed by atoms with Crippen LogP contribution in [0.2, 0.25) is 0 Å². The minimum atomic E-state index is -3.93. The summed E-state index contributed by atoms with van der Waals surface area (Å²) in [7, 11) is -3.93. The van der Waals surface area contributed by atoms with E-state index in [1.807, 2.05) is 0 Å². The molecule has 0 aliphatic carbocycles. The van der Waals surface area contributed by atoms with Gasteiger partial charge < -0.3 is 9.79 Å². The monoisotopic (exact) mass is 250 g/mol. The Labute approximate surface area is 99.8 Å². The summed E-state index contributed by atoms with van der Waals surface area (Å²) in [5, 5.41) is -0.851. The molecule has 0 rings (SSSR count). The second kappa shape index (κ2) is 7.47. The van der Waals surface area contributed by atoms with Crippen LogP contribution in [0.3, 0.4) is 0 Å². The molecule has 0 spiro atoms. The summed E-state index contributed by atoms with van der Waals surface area (Å²) in [4.78, 5) is 18.3. The molecule has 0 heterocycles. The van der Waals surface area contributed by atoms with E-state index in [1.165, 1.54) is 32.1 Å². The number of hydrogen-bond acceptors (Lipinski definition) is 1. The average Bonchev–Trinajstić information content (AvgIpc) is 2.14. The largest absolute Gasteiger partial charge is 0.331 e. The van der Waals surface area contributed by atoms with Crippen molar-refractivity contribution in [1.29, 1.82) is 0 Å². The van der Waals surface area contributed by atoms with E-state index in [2.05, 4.69) is 6.92 Å². The summed E-state index contributed by atoms with van der Waals surface area (Å²) in [6.45, 7) is 5.51. The molecular formula is C12H27O3P. The predicted octanol–water partition coefficient (Wildman–Crippen LogP) is 4.08. The third kappa shape index (κ3) is 6.67. The van der Waals surface area contributed by atoms with Crippen molar-refractivity contribution in [2.45, 2.75) is 77.3 Å². The summed E-state index contributed by atoms with van der Waals surface area (Å²) in [5.41, 5.74) is 0. The zero-order chi connectivity index (χ0) is 12.7. The first kappa shape index (κ1) is 16.1. The maximum Gasteiger partial charge on any atom is 0.331 e. The molecule has 4 heteroatoms. The van der Waals surface area contributed by atoms with Crippen LogP contribution in [0, 0.1) is 0 Å². The van der Waals surface area contributed by atoms with Gasteiger partial charge in [-0.3, -0.25) is 4.57 Å². The molecule has 0 saturated heterocycles. The summed E-state index contributed by atoms with van der Waals surface area (Å²) in [6, 6.07) is 0. The first-order valence-corrected chi connectivity index (χ1v) is 7.98. The molecule has 0 aliphatic rings.